The van der Waals surface area contributed by atoms with Gasteiger partial charge in [0, 0.05) is 18.3 Å². The summed E-state index contributed by atoms with van der Waals surface area (Å²) in [6.07, 6.45) is 4.64. The first-order valence-electron chi connectivity index (χ1n) is 8.88. The summed E-state index contributed by atoms with van der Waals surface area (Å²) >= 11 is 0. The van der Waals surface area contributed by atoms with Crippen molar-refractivity contribution in [3.8, 4) is 0 Å². The molecule has 0 aliphatic heterocycles. The van der Waals surface area contributed by atoms with Crippen molar-refractivity contribution in [1.29, 1.82) is 0 Å². The molecule has 5 nitrogen and oxygen atoms in total. The van der Waals surface area contributed by atoms with Crippen molar-refractivity contribution in [3.05, 3.63) is 47.9 Å². The lowest BCUT2D eigenvalue weighted by Crippen LogP contribution is -2.25. The number of carbonyl (C=O) groups is 1. The molecule has 1 aromatic carbocycles. The maximum absolute atomic E-state index is 12.2. The molecule has 1 aromatic heterocycles. The Labute approximate surface area is 150 Å². The number of unbranched alkanes of at least 4 members (excludes halogenated alkanes) is 2. The van der Waals surface area contributed by atoms with Gasteiger partial charge in [-0.1, -0.05) is 58.7 Å². The molecule has 0 radical (unpaired) electrons. The van der Waals surface area contributed by atoms with Crippen LogP contribution >= 0.6 is 0 Å². The predicted octanol–water partition coefficient (Wildman–Crippen LogP) is 4.44. The second-order valence-electron chi connectivity index (χ2n) is 7.17. The first kappa shape index (κ1) is 18.9. The van der Waals surface area contributed by atoms with Crippen molar-refractivity contribution in [2.45, 2.75) is 52.4 Å². The average Bonchev–Trinajstić information content (AvgIpc) is 2.58. The van der Waals surface area contributed by atoms with Crippen molar-refractivity contribution in [3.63, 3.8) is 0 Å². The van der Waals surface area contributed by atoms with Gasteiger partial charge in [0.15, 0.2) is 0 Å². The van der Waals surface area contributed by atoms with Crippen molar-refractivity contribution in [2.75, 3.05) is 11.9 Å². The van der Waals surface area contributed by atoms with Gasteiger partial charge in [-0.15, -0.1) is 0 Å². The number of nitrogens with zero attached hydrogens (tertiary/aromatic N) is 2. The zero-order valence-electron chi connectivity index (χ0n) is 15.6. The Morgan fingerprint density at radius 3 is 2.60 bits per heavy atom. The van der Waals surface area contributed by atoms with Gasteiger partial charge in [0.1, 0.15) is 17.8 Å². The summed E-state index contributed by atoms with van der Waals surface area (Å²) in [6, 6.07) is 9.83. The molecule has 0 atom stereocenters. The van der Waals surface area contributed by atoms with E-state index in [0.717, 1.165) is 24.9 Å². The van der Waals surface area contributed by atoms with Crippen LogP contribution in [0.15, 0.2) is 36.7 Å². The molecular weight excluding hydrogens is 312 g/mol. The summed E-state index contributed by atoms with van der Waals surface area (Å²) in [4.78, 5) is 20.5. The number of hydrogen-bond donors (Lipinski definition) is 2. The third-order valence-electron chi connectivity index (χ3n) is 3.96. The minimum absolute atomic E-state index is 0.0100. The fourth-order valence-electron chi connectivity index (χ4n) is 2.60. The second-order valence-corrected chi connectivity index (χ2v) is 7.17. The van der Waals surface area contributed by atoms with E-state index in [9.17, 15) is 4.79 Å². The number of nitrogens with one attached hydrogen (secondary N) is 2. The second kappa shape index (κ2) is 8.60. The summed E-state index contributed by atoms with van der Waals surface area (Å²) in [7, 11) is 0. The molecule has 2 rings (SSSR count). The van der Waals surface area contributed by atoms with Crippen LogP contribution in [0.1, 0.15) is 63.0 Å². The van der Waals surface area contributed by atoms with E-state index in [1.807, 2.05) is 18.2 Å². The van der Waals surface area contributed by atoms with Crippen LogP contribution in [0.3, 0.4) is 0 Å². The Hall–Kier alpha value is -2.43. The van der Waals surface area contributed by atoms with E-state index in [1.54, 1.807) is 6.07 Å². The van der Waals surface area contributed by atoms with Crippen LogP contribution in [0.2, 0.25) is 0 Å². The molecule has 5 heteroatoms. The number of hydrogen-bond acceptors (Lipinski definition) is 4. The normalized spacial score (nSPS) is 11.2. The number of aromatic nitrogens is 2. The fraction of sp³-hybridized carbons (Fsp3) is 0.450. The standard InChI is InChI=1S/C20H28N4O/c1-5-6-9-12-21-19(25)17-13-18(23-14-22-17)24-16-11-8-7-10-15(16)20(2,3)4/h7-8,10-11,13-14H,5-6,9,12H2,1-4H3,(H,21,25)(H,22,23,24). The van der Waals surface area contributed by atoms with Crippen LogP contribution < -0.4 is 10.6 Å². The van der Waals surface area contributed by atoms with Crippen LogP contribution in [0.5, 0.6) is 0 Å². The van der Waals surface area contributed by atoms with Crippen LogP contribution in [0.4, 0.5) is 11.5 Å². The number of amides is 1. The largest absolute Gasteiger partial charge is 0.351 e. The first-order valence-corrected chi connectivity index (χ1v) is 8.88. The van der Waals surface area contributed by atoms with E-state index in [2.05, 4.69) is 54.4 Å². The van der Waals surface area contributed by atoms with Gasteiger partial charge in [-0.05, 0) is 23.5 Å². The third-order valence-corrected chi connectivity index (χ3v) is 3.96. The quantitative estimate of drug-likeness (QED) is 0.731. The van der Waals surface area contributed by atoms with Crippen LogP contribution in [-0.4, -0.2) is 22.4 Å². The van der Waals surface area contributed by atoms with Gasteiger partial charge in [-0.2, -0.15) is 0 Å². The number of para-hydroxylation sites is 1. The lowest BCUT2D eigenvalue weighted by Gasteiger charge is -2.23. The molecule has 0 bridgehead atoms. The van der Waals surface area contributed by atoms with E-state index in [-0.39, 0.29) is 11.3 Å². The first-order chi connectivity index (χ1) is 11.9. The SMILES string of the molecule is CCCCCNC(=O)c1cc(Nc2ccccc2C(C)(C)C)ncn1. The smallest absolute Gasteiger partial charge is 0.270 e. The fourth-order valence-corrected chi connectivity index (χ4v) is 2.60. The highest BCUT2D eigenvalue weighted by atomic mass is 16.1. The molecule has 0 saturated heterocycles. The molecule has 1 heterocycles. The van der Waals surface area contributed by atoms with E-state index in [4.69, 9.17) is 0 Å². The van der Waals surface area contributed by atoms with E-state index in [0.29, 0.717) is 18.1 Å². The van der Waals surface area contributed by atoms with E-state index in [1.165, 1.54) is 11.9 Å². The third kappa shape index (κ3) is 5.55. The van der Waals surface area contributed by atoms with Gasteiger partial charge in [0.05, 0.1) is 0 Å². The molecule has 134 valence electrons. The summed E-state index contributed by atoms with van der Waals surface area (Å²) < 4.78 is 0. The van der Waals surface area contributed by atoms with Crippen molar-refractivity contribution >= 4 is 17.4 Å². The Balaban J connectivity index is 2.11. The number of rotatable bonds is 7. The Morgan fingerprint density at radius 1 is 1.12 bits per heavy atom. The van der Waals surface area contributed by atoms with Crippen LogP contribution in [0.25, 0.3) is 0 Å². The van der Waals surface area contributed by atoms with Gasteiger partial charge in [0.25, 0.3) is 5.91 Å². The zero-order valence-corrected chi connectivity index (χ0v) is 15.6. The van der Waals surface area contributed by atoms with Crippen molar-refractivity contribution in [2.24, 2.45) is 0 Å². The predicted molar refractivity (Wildman–Crippen MR) is 102 cm³/mol. The molecule has 0 spiro atoms. The molecular formula is C20H28N4O. The summed E-state index contributed by atoms with van der Waals surface area (Å²) in [5.41, 5.74) is 2.57. The van der Waals surface area contributed by atoms with Crippen molar-refractivity contribution in [1.82, 2.24) is 15.3 Å². The lowest BCUT2D eigenvalue weighted by atomic mass is 9.86. The summed E-state index contributed by atoms with van der Waals surface area (Å²) in [6.45, 7) is 9.32. The molecule has 0 aliphatic rings. The number of anilines is 2. The lowest BCUT2D eigenvalue weighted by molar-refractivity contribution is 0.0948. The highest BCUT2D eigenvalue weighted by molar-refractivity contribution is 5.92. The maximum Gasteiger partial charge on any atom is 0.270 e. The monoisotopic (exact) mass is 340 g/mol. The molecule has 0 fully saturated rings. The van der Waals surface area contributed by atoms with Gasteiger partial charge < -0.3 is 10.6 Å². The Kier molecular flexibility index (Phi) is 6.51. The zero-order chi connectivity index (χ0) is 18.3. The summed E-state index contributed by atoms with van der Waals surface area (Å²) in [5.74, 6) is 0.455. The van der Waals surface area contributed by atoms with Gasteiger partial charge >= 0.3 is 0 Å². The van der Waals surface area contributed by atoms with E-state index >= 15 is 0 Å². The minimum Gasteiger partial charge on any atom is -0.351 e. The molecule has 1 amide bonds. The molecule has 0 aliphatic carbocycles. The Bertz CT molecular complexity index is 707. The van der Waals surface area contributed by atoms with Gasteiger partial charge in [-0.3, -0.25) is 4.79 Å². The average molecular weight is 340 g/mol. The number of carbonyl (C=O) groups excluding carboxylic acids is 1. The van der Waals surface area contributed by atoms with Crippen LogP contribution in [-0.2, 0) is 5.41 Å². The van der Waals surface area contributed by atoms with Gasteiger partial charge in [-0.25, -0.2) is 9.97 Å². The number of benzene rings is 1. The van der Waals surface area contributed by atoms with Crippen LogP contribution in [0, 0.1) is 0 Å². The van der Waals surface area contributed by atoms with Crippen molar-refractivity contribution < 1.29 is 4.79 Å². The topological polar surface area (TPSA) is 66.9 Å². The minimum atomic E-state index is -0.161. The van der Waals surface area contributed by atoms with Gasteiger partial charge in [0.2, 0.25) is 0 Å². The summed E-state index contributed by atoms with van der Waals surface area (Å²) in [5, 5.41) is 6.22. The molecule has 0 unspecified atom stereocenters. The molecule has 2 N–H and O–H groups in total. The molecule has 25 heavy (non-hydrogen) atoms. The highest BCUT2D eigenvalue weighted by Gasteiger charge is 2.18. The highest BCUT2D eigenvalue weighted by Crippen LogP contribution is 2.30. The maximum atomic E-state index is 12.2. The van der Waals surface area contributed by atoms with E-state index < -0.39 is 0 Å². The Morgan fingerprint density at radius 2 is 1.88 bits per heavy atom. The molecule has 2 aromatic rings. The molecule has 0 saturated carbocycles.